The zero-order valence-corrected chi connectivity index (χ0v) is 13.9. The molecule has 0 unspecified atom stereocenters. The molecule has 2 aromatic carbocycles. The van der Waals surface area contributed by atoms with Gasteiger partial charge in [0, 0.05) is 17.5 Å². The molecule has 1 aliphatic carbocycles. The van der Waals surface area contributed by atoms with Crippen LogP contribution >= 0.6 is 23.2 Å². The predicted molar refractivity (Wildman–Crippen MR) is 90.7 cm³/mol. The van der Waals surface area contributed by atoms with E-state index in [1.807, 2.05) is 36.4 Å². The quantitative estimate of drug-likeness (QED) is 0.671. The molecule has 3 rings (SSSR count). The van der Waals surface area contributed by atoms with Crippen LogP contribution < -0.4 is 5.32 Å². The van der Waals surface area contributed by atoms with E-state index in [1.165, 1.54) is 0 Å². The largest absolute Gasteiger partial charge is 0.455 e. The van der Waals surface area contributed by atoms with Gasteiger partial charge in [-0.2, -0.15) is 0 Å². The van der Waals surface area contributed by atoms with Crippen LogP contribution in [0.15, 0.2) is 42.5 Å². The third kappa shape index (κ3) is 3.01. The summed E-state index contributed by atoms with van der Waals surface area (Å²) in [5, 5.41) is 4.69. The summed E-state index contributed by atoms with van der Waals surface area (Å²) in [6.07, 6.45) is 0.326. The number of carbonyl (C=O) groups is 2. The van der Waals surface area contributed by atoms with E-state index in [9.17, 15) is 9.59 Å². The van der Waals surface area contributed by atoms with Crippen molar-refractivity contribution < 1.29 is 14.3 Å². The zero-order valence-electron chi connectivity index (χ0n) is 12.4. The van der Waals surface area contributed by atoms with Gasteiger partial charge in [0.25, 0.3) is 5.91 Å². The molecule has 0 aliphatic heterocycles. The van der Waals surface area contributed by atoms with Crippen LogP contribution in [-0.4, -0.2) is 22.8 Å². The lowest BCUT2D eigenvalue weighted by atomic mass is 10.1. The maximum absolute atomic E-state index is 12.0. The molecule has 0 bridgehead atoms. The summed E-state index contributed by atoms with van der Waals surface area (Å²) in [5.74, 6) is -0.968. The highest BCUT2D eigenvalue weighted by Gasteiger charge is 2.69. The van der Waals surface area contributed by atoms with Crippen molar-refractivity contribution in [2.75, 3.05) is 11.9 Å². The molecule has 0 spiro atoms. The molecule has 2 aromatic rings. The summed E-state index contributed by atoms with van der Waals surface area (Å²) >= 11 is 11.8. The number of carbonyl (C=O) groups excluding carboxylic acids is 2. The van der Waals surface area contributed by atoms with Crippen molar-refractivity contribution in [1.29, 1.82) is 0 Å². The SMILES string of the molecule is C[C@]1(C(=O)OCC(=O)Nc2cccc3ccccc23)CC1(Cl)Cl. The summed E-state index contributed by atoms with van der Waals surface area (Å²) < 4.78 is 3.93. The average molecular weight is 352 g/mol. The van der Waals surface area contributed by atoms with Gasteiger partial charge in [0.1, 0.15) is 9.75 Å². The van der Waals surface area contributed by atoms with Crippen LogP contribution in [0.3, 0.4) is 0 Å². The molecule has 0 radical (unpaired) electrons. The number of nitrogens with one attached hydrogen (secondary N) is 1. The zero-order chi connectivity index (χ0) is 16.7. The van der Waals surface area contributed by atoms with Gasteiger partial charge < -0.3 is 10.1 Å². The Morgan fingerprint density at radius 2 is 1.83 bits per heavy atom. The van der Waals surface area contributed by atoms with Crippen LogP contribution in [0.4, 0.5) is 5.69 Å². The van der Waals surface area contributed by atoms with E-state index < -0.39 is 21.6 Å². The lowest BCUT2D eigenvalue weighted by Gasteiger charge is -2.12. The third-order valence-corrected chi connectivity index (χ3v) is 5.21. The second-order valence-corrected chi connectivity index (χ2v) is 7.35. The number of ether oxygens (including phenoxy) is 1. The number of halogens is 2. The Balaban J connectivity index is 1.63. The first-order valence-corrected chi connectivity index (χ1v) is 7.92. The van der Waals surface area contributed by atoms with Gasteiger partial charge in [0.05, 0.1) is 0 Å². The number of hydrogen-bond donors (Lipinski definition) is 1. The maximum Gasteiger partial charge on any atom is 0.315 e. The molecular formula is C17H15Cl2NO3. The summed E-state index contributed by atoms with van der Waals surface area (Å²) in [4.78, 5) is 24.0. The first kappa shape index (κ1) is 16.1. The number of amides is 1. The summed E-state index contributed by atoms with van der Waals surface area (Å²) in [7, 11) is 0. The molecule has 0 heterocycles. The molecule has 4 nitrogen and oxygen atoms in total. The summed E-state index contributed by atoms with van der Waals surface area (Å²) in [6, 6.07) is 13.3. The standard InChI is InChI=1S/C17H15Cl2NO3/c1-16(10-17(16,18)19)15(22)23-9-14(21)20-13-8-4-6-11-5-2-3-7-12(11)13/h2-8H,9-10H2,1H3,(H,20,21)/t16-/m1/s1. The van der Waals surface area contributed by atoms with Gasteiger partial charge in [-0.25, -0.2) is 0 Å². The first-order valence-electron chi connectivity index (χ1n) is 7.16. The molecule has 6 heteroatoms. The highest BCUT2D eigenvalue weighted by Crippen LogP contribution is 2.64. The molecule has 120 valence electrons. The first-order chi connectivity index (χ1) is 10.8. The highest BCUT2D eigenvalue weighted by molar-refractivity contribution is 6.53. The maximum atomic E-state index is 12.0. The van der Waals surface area contributed by atoms with Gasteiger partial charge in [-0.3, -0.25) is 9.59 Å². The monoisotopic (exact) mass is 351 g/mol. The van der Waals surface area contributed by atoms with Crippen LogP contribution in [0.5, 0.6) is 0 Å². The Bertz CT molecular complexity index is 785. The van der Waals surface area contributed by atoms with Crippen molar-refractivity contribution in [2.45, 2.75) is 17.7 Å². The van der Waals surface area contributed by atoms with Gasteiger partial charge in [-0.1, -0.05) is 36.4 Å². The minimum Gasteiger partial charge on any atom is -0.455 e. The Morgan fingerprint density at radius 3 is 2.52 bits per heavy atom. The third-order valence-electron chi connectivity index (χ3n) is 4.11. The topological polar surface area (TPSA) is 55.4 Å². The normalized spacial score (nSPS) is 21.7. The molecule has 1 amide bonds. The number of rotatable bonds is 4. The van der Waals surface area contributed by atoms with E-state index in [4.69, 9.17) is 27.9 Å². The van der Waals surface area contributed by atoms with E-state index in [0.717, 1.165) is 10.8 Å². The van der Waals surface area contributed by atoms with Crippen molar-refractivity contribution >= 4 is 51.5 Å². The molecule has 1 saturated carbocycles. The van der Waals surface area contributed by atoms with Crippen molar-refractivity contribution in [3.05, 3.63) is 42.5 Å². The molecular weight excluding hydrogens is 337 g/mol. The van der Waals surface area contributed by atoms with Crippen LogP contribution in [0, 0.1) is 5.41 Å². The number of alkyl halides is 2. The predicted octanol–water partition coefficient (Wildman–Crippen LogP) is 3.91. The van der Waals surface area contributed by atoms with Crippen LogP contribution in [0.25, 0.3) is 10.8 Å². The van der Waals surface area contributed by atoms with Gasteiger partial charge in [-0.05, 0) is 18.4 Å². The van der Waals surface area contributed by atoms with E-state index in [1.54, 1.807) is 13.0 Å². The lowest BCUT2D eigenvalue weighted by Crippen LogP contribution is -2.26. The Kier molecular flexibility index (Phi) is 3.98. The van der Waals surface area contributed by atoms with Gasteiger partial charge in [-0.15, -0.1) is 23.2 Å². The fraction of sp³-hybridized carbons (Fsp3) is 0.294. The second-order valence-electron chi connectivity index (χ2n) is 5.86. The van der Waals surface area contributed by atoms with E-state index in [2.05, 4.69) is 5.32 Å². The number of esters is 1. The molecule has 0 aromatic heterocycles. The van der Waals surface area contributed by atoms with Crippen LogP contribution in [0.1, 0.15) is 13.3 Å². The van der Waals surface area contributed by atoms with Crippen molar-refractivity contribution in [3.63, 3.8) is 0 Å². The number of benzene rings is 2. The molecule has 1 N–H and O–H groups in total. The van der Waals surface area contributed by atoms with Crippen molar-refractivity contribution in [3.8, 4) is 0 Å². The van der Waals surface area contributed by atoms with E-state index >= 15 is 0 Å². The fourth-order valence-corrected chi connectivity index (χ4v) is 3.12. The summed E-state index contributed by atoms with van der Waals surface area (Å²) in [5.41, 5.74) is -0.263. The van der Waals surface area contributed by atoms with Gasteiger partial charge in [0.15, 0.2) is 6.61 Å². The van der Waals surface area contributed by atoms with E-state index in [-0.39, 0.29) is 6.61 Å². The van der Waals surface area contributed by atoms with Crippen molar-refractivity contribution in [2.24, 2.45) is 5.41 Å². The second kappa shape index (κ2) is 5.69. The minimum absolute atomic E-state index is 0.326. The number of fused-ring (bicyclic) bond motifs is 1. The molecule has 1 aliphatic rings. The number of anilines is 1. The Hall–Kier alpha value is -1.78. The van der Waals surface area contributed by atoms with Gasteiger partial charge in [0.2, 0.25) is 0 Å². The Labute approximate surface area is 143 Å². The highest BCUT2D eigenvalue weighted by atomic mass is 35.5. The number of hydrogen-bond acceptors (Lipinski definition) is 3. The van der Waals surface area contributed by atoms with Crippen LogP contribution in [0.2, 0.25) is 0 Å². The lowest BCUT2D eigenvalue weighted by molar-refractivity contribution is -0.152. The minimum atomic E-state index is -1.10. The summed E-state index contributed by atoms with van der Waals surface area (Å²) in [6.45, 7) is 1.25. The Morgan fingerprint density at radius 1 is 1.17 bits per heavy atom. The van der Waals surface area contributed by atoms with E-state index in [0.29, 0.717) is 12.1 Å². The van der Waals surface area contributed by atoms with Crippen molar-refractivity contribution in [1.82, 2.24) is 0 Å². The fourth-order valence-electron chi connectivity index (χ4n) is 2.43. The molecule has 1 fully saturated rings. The van der Waals surface area contributed by atoms with Crippen LogP contribution in [-0.2, 0) is 14.3 Å². The molecule has 1 atom stereocenters. The smallest absolute Gasteiger partial charge is 0.315 e. The van der Waals surface area contributed by atoms with Gasteiger partial charge >= 0.3 is 5.97 Å². The molecule has 23 heavy (non-hydrogen) atoms. The average Bonchev–Trinajstić information content (AvgIpc) is 3.05. The molecule has 0 saturated heterocycles.